The fourth-order valence-corrected chi connectivity index (χ4v) is 7.91. The van der Waals surface area contributed by atoms with Crippen LogP contribution in [0.4, 0.5) is 0 Å². The maximum Gasteiger partial charge on any atom is 0.331 e. The summed E-state index contributed by atoms with van der Waals surface area (Å²) in [4.78, 5) is 11.6. The van der Waals surface area contributed by atoms with Gasteiger partial charge in [0.15, 0.2) is 0 Å². The van der Waals surface area contributed by atoms with Gasteiger partial charge in [-0.05, 0) is 91.4 Å². The Hall–Kier alpha value is -1.09. The van der Waals surface area contributed by atoms with E-state index >= 15 is 0 Å². The average Bonchev–Trinajstić information content (AvgIpc) is 3.18. The first kappa shape index (κ1) is 17.0. The number of hydrogen-bond acceptors (Lipinski definition) is 3. The van der Waals surface area contributed by atoms with Crippen LogP contribution < -0.4 is 0 Å². The third kappa shape index (κ3) is 2.25. The second-order valence-corrected chi connectivity index (χ2v) is 10.1. The summed E-state index contributed by atoms with van der Waals surface area (Å²) in [5.74, 6) is 2.78. The number of carbonyl (C=O) groups excluding carboxylic acids is 1. The van der Waals surface area contributed by atoms with Gasteiger partial charge in [0.1, 0.15) is 6.61 Å². The number of esters is 1. The SMILES string of the molecule is C[C@]12CC[C@H]3[C@@H](CCC4=C[C@H](O)CC[C@@]43C)[C@@H]1CC[C@@H]2C1=CC(=O)OC1. The van der Waals surface area contributed by atoms with E-state index in [1.165, 1.54) is 44.1 Å². The molecule has 5 rings (SSSR count). The number of ether oxygens (including phenoxy) is 1. The molecule has 3 saturated carbocycles. The van der Waals surface area contributed by atoms with Crippen LogP contribution >= 0.6 is 0 Å². The predicted octanol–water partition coefficient (Wildman–Crippen LogP) is 4.41. The molecule has 7 atom stereocenters. The summed E-state index contributed by atoms with van der Waals surface area (Å²) in [5, 5.41) is 10.1. The fraction of sp³-hybridized carbons (Fsp3) is 0.783. The molecule has 5 aliphatic rings. The Morgan fingerprint density at radius 1 is 1.08 bits per heavy atom. The summed E-state index contributed by atoms with van der Waals surface area (Å²) < 4.78 is 5.24. The molecule has 0 unspecified atom stereocenters. The lowest BCUT2D eigenvalue weighted by molar-refractivity contribution is -0.135. The van der Waals surface area contributed by atoms with Crippen molar-refractivity contribution in [3.05, 3.63) is 23.3 Å². The Morgan fingerprint density at radius 3 is 2.69 bits per heavy atom. The van der Waals surface area contributed by atoms with Crippen LogP contribution in [0.2, 0.25) is 0 Å². The monoisotopic (exact) mass is 356 g/mol. The molecular formula is C23H32O3. The van der Waals surface area contributed by atoms with E-state index in [4.69, 9.17) is 4.74 Å². The van der Waals surface area contributed by atoms with Crippen LogP contribution in [0.3, 0.4) is 0 Å². The number of rotatable bonds is 1. The molecular weight excluding hydrogens is 324 g/mol. The zero-order valence-electron chi connectivity index (χ0n) is 16.2. The lowest BCUT2D eigenvalue weighted by Gasteiger charge is -2.58. The second-order valence-electron chi connectivity index (χ2n) is 10.1. The van der Waals surface area contributed by atoms with Crippen molar-refractivity contribution in [1.29, 1.82) is 0 Å². The van der Waals surface area contributed by atoms with Gasteiger partial charge in [0.25, 0.3) is 0 Å². The molecule has 3 fully saturated rings. The average molecular weight is 357 g/mol. The van der Waals surface area contributed by atoms with Crippen molar-refractivity contribution in [1.82, 2.24) is 0 Å². The van der Waals surface area contributed by atoms with Crippen LogP contribution in [0.1, 0.15) is 65.2 Å². The van der Waals surface area contributed by atoms with E-state index in [-0.39, 0.29) is 12.1 Å². The van der Waals surface area contributed by atoms with Crippen LogP contribution in [0, 0.1) is 34.5 Å². The van der Waals surface area contributed by atoms with Gasteiger partial charge < -0.3 is 9.84 Å². The molecule has 0 bridgehead atoms. The summed E-state index contributed by atoms with van der Waals surface area (Å²) >= 11 is 0. The Bertz CT molecular complexity index is 692. The molecule has 4 aliphatic carbocycles. The van der Waals surface area contributed by atoms with Gasteiger partial charge >= 0.3 is 5.97 Å². The molecule has 1 heterocycles. The first-order valence-electron chi connectivity index (χ1n) is 10.7. The van der Waals surface area contributed by atoms with E-state index in [0.29, 0.717) is 23.4 Å². The number of carbonyl (C=O) groups is 1. The highest BCUT2D eigenvalue weighted by atomic mass is 16.5. The normalized spacial score (nSPS) is 50.3. The Morgan fingerprint density at radius 2 is 1.92 bits per heavy atom. The largest absolute Gasteiger partial charge is 0.458 e. The quantitative estimate of drug-likeness (QED) is 0.559. The van der Waals surface area contributed by atoms with E-state index in [0.717, 1.165) is 30.6 Å². The van der Waals surface area contributed by atoms with E-state index < -0.39 is 0 Å². The van der Waals surface area contributed by atoms with Crippen molar-refractivity contribution in [3.8, 4) is 0 Å². The van der Waals surface area contributed by atoms with Gasteiger partial charge in [0.2, 0.25) is 0 Å². The van der Waals surface area contributed by atoms with Crippen LogP contribution in [0.5, 0.6) is 0 Å². The predicted molar refractivity (Wildman–Crippen MR) is 100 cm³/mol. The molecule has 0 aromatic carbocycles. The van der Waals surface area contributed by atoms with E-state index in [1.807, 2.05) is 0 Å². The molecule has 0 radical (unpaired) electrons. The van der Waals surface area contributed by atoms with Gasteiger partial charge in [-0.1, -0.05) is 25.5 Å². The van der Waals surface area contributed by atoms with E-state index in [1.54, 1.807) is 11.6 Å². The van der Waals surface area contributed by atoms with Gasteiger partial charge in [-0.3, -0.25) is 0 Å². The first-order chi connectivity index (χ1) is 12.4. The molecule has 1 aliphatic heterocycles. The van der Waals surface area contributed by atoms with Crippen molar-refractivity contribution in [2.75, 3.05) is 6.61 Å². The van der Waals surface area contributed by atoms with Crippen molar-refractivity contribution in [3.63, 3.8) is 0 Å². The van der Waals surface area contributed by atoms with Crippen LogP contribution in [-0.2, 0) is 9.53 Å². The lowest BCUT2D eigenvalue weighted by Crippen LogP contribution is -2.50. The minimum Gasteiger partial charge on any atom is -0.458 e. The highest BCUT2D eigenvalue weighted by Gasteiger charge is 2.59. The number of aliphatic hydroxyl groups excluding tert-OH is 1. The Labute approximate surface area is 156 Å². The molecule has 0 aromatic rings. The maximum atomic E-state index is 11.6. The number of fused-ring (bicyclic) bond motifs is 5. The Kier molecular flexibility index (Phi) is 3.74. The van der Waals surface area contributed by atoms with Crippen LogP contribution in [-0.4, -0.2) is 23.8 Å². The van der Waals surface area contributed by atoms with Crippen LogP contribution in [0.15, 0.2) is 23.3 Å². The second kappa shape index (κ2) is 5.70. The summed E-state index contributed by atoms with van der Waals surface area (Å²) in [5.41, 5.74) is 3.47. The third-order valence-corrected chi connectivity index (χ3v) is 9.22. The van der Waals surface area contributed by atoms with Gasteiger partial charge in [-0.2, -0.15) is 0 Å². The molecule has 142 valence electrons. The van der Waals surface area contributed by atoms with Crippen molar-refractivity contribution in [2.45, 2.75) is 71.3 Å². The van der Waals surface area contributed by atoms with Gasteiger partial charge in [0, 0.05) is 6.08 Å². The van der Waals surface area contributed by atoms with E-state index in [2.05, 4.69) is 19.9 Å². The lowest BCUT2D eigenvalue weighted by atomic mass is 9.46. The smallest absolute Gasteiger partial charge is 0.331 e. The molecule has 3 heteroatoms. The highest BCUT2D eigenvalue weighted by molar-refractivity contribution is 5.85. The molecule has 0 saturated heterocycles. The number of allylic oxidation sites excluding steroid dienone is 1. The zero-order chi connectivity index (χ0) is 18.1. The Balaban J connectivity index is 1.44. The molecule has 3 nitrogen and oxygen atoms in total. The van der Waals surface area contributed by atoms with Crippen molar-refractivity contribution < 1.29 is 14.6 Å². The van der Waals surface area contributed by atoms with Gasteiger partial charge in [-0.25, -0.2) is 4.79 Å². The number of cyclic esters (lactones) is 1. The minimum atomic E-state index is -0.216. The molecule has 0 amide bonds. The molecule has 0 aromatic heterocycles. The van der Waals surface area contributed by atoms with Gasteiger partial charge in [-0.15, -0.1) is 0 Å². The van der Waals surface area contributed by atoms with Crippen molar-refractivity contribution >= 4 is 5.97 Å². The minimum absolute atomic E-state index is 0.138. The van der Waals surface area contributed by atoms with E-state index in [9.17, 15) is 9.90 Å². The number of aliphatic hydroxyl groups is 1. The van der Waals surface area contributed by atoms with Crippen molar-refractivity contribution in [2.24, 2.45) is 34.5 Å². The summed E-state index contributed by atoms with van der Waals surface area (Å²) in [6, 6.07) is 0. The summed E-state index contributed by atoms with van der Waals surface area (Å²) in [6.45, 7) is 5.53. The molecule has 1 N–H and O–H groups in total. The summed E-state index contributed by atoms with van der Waals surface area (Å²) in [7, 11) is 0. The maximum absolute atomic E-state index is 11.6. The fourth-order valence-electron chi connectivity index (χ4n) is 7.91. The number of hydrogen-bond donors (Lipinski definition) is 1. The molecule has 0 spiro atoms. The molecule has 26 heavy (non-hydrogen) atoms. The van der Waals surface area contributed by atoms with Crippen LogP contribution in [0.25, 0.3) is 0 Å². The third-order valence-electron chi connectivity index (χ3n) is 9.22. The zero-order valence-corrected chi connectivity index (χ0v) is 16.2. The first-order valence-corrected chi connectivity index (χ1v) is 10.7. The van der Waals surface area contributed by atoms with Gasteiger partial charge in [0.05, 0.1) is 6.10 Å². The summed E-state index contributed by atoms with van der Waals surface area (Å²) in [6.07, 6.45) is 13.4. The highest BCUT2D eigenvalue weighted by Crippen LogP contribution is 2.67. The standard InChI is InChI=1S/C23H32O3/c1-22-9-7-16(24)12-15(22)3-4-17-19-6-5-18(14-11-21(25)26-13-14)23(19,2)10-8-20(17)22/h11-12,16-20,24H,3-10,13H2,1-2H3/t16-,17+,18-,19+,20+,22+,23-/m1/s1. The topological polar surface area (TPSA) is 46.5 Å².